The van der Waals surface area contributed by atoms with Crippen LogP contribution in [0.3, 0.4) is 0 Å². The summed E-state index contributed by atoms with van der Waals surface area (Å²) in [5.74, 6) is 1.44. The Morgan fingerprint density at radius 3 is 2.96 bits per heavy atom. The highest BCUT2D eigenvalue weighted by Crippen LogP contribution is 2.14. The molecule has 1 saturated heterocycles. The number of aromatic nitrogens is 2. The second-order valence-corrected chi connectivity index (χ2v) is 7.43. The Morgan fingerprint density at radius 2 is 2.25 bits per heavy atom. The van der Waals surface area contributed by atoms with E-state index >= 15 is 0 Å². The number of alkyl carbamates (subject to hydrolysis) is 1. The molecule has 0 aromatic carbocycles. The van der Waals surface area contributed by atoms with Gasteiger partial charge < -0.3 is 14.6 Å². The van der Waals surface area contributed by atoms with E-state index in [1.165, 1.54) is 0 Å². The van der Waals surface area contributed by atoms with Gasteiger partial charge in [-0.3, -0.25) is 4.90 Å². The Hall–Kier alpha value is -1.63. The van der Waals surface area contributed by atoms with Gasteiger partial charge in [-0.1, -0.05) is 18.5 Å². The standard InChI is InChI=1S/C17H30N4O3/c1-5-6-9-14-19-15(24-20-14)12-21-10-7-8-13(11-21)18-16(22)23-17(2,3)4/h13H,5-12H2,1-4H3,(H,18,22)/t13-/m1/s1. The van der Waals surface area contributed by atoms with E-state index in [4.69, 9.17) is 9.26 Å². The maximum absolute atomic E-state index is 11.9. The van der Waals surface area contributed by atoms with Crippen LogP contribution in [0.5, 0.6) is 0 Å². The lowest BCUT2D eigenvalue weighted by Gasteiger charge is -2.32. The van der Waals surface area contributed by atoms with E-state index in [2.05, 4.69) is 27.3 Å². The van der Waals surface area contributed by atoms with E-state index in [9.17, 15) is 4.79 Å². The second kappa shape index (κ2) is 8.46. The molecule has 1 atom stereocenters. The van der Waals surface area contributed by atoms with Crippen molar-refractivity contribution in [2.24, 2.45) is 0 Å². The fourth-order valence-corrected chi connectivity index (χ4v) is 2.77. The maximum atomic E-state index is 11.9. The highest BCUT2D eigenvalue weighted by atomic mass is 16.6. The zero-order valence-electron chi connectivity index (χ0n) is 15.3. The van der Waals surface area contributed by atoms with Crippen molar-refractivity contribution in [3.63, 3.8) is 0 Å². The molecule has 1 fully saturated rings. The number of nitrogens with zero attached hydrogens (tertiary/aromatic N) is 3. The van der Waals surface area contributed by atoms with Crippen LogP contribution >= 0.6 is 0 Å². The zero-order chi connectivity index (χ0) is 17.6. The highest BCUT2D eigenvalue weighted by Gasteiger charge is 2.25. The molecular weight excluding hydrogens is 308 g/mol. The molecule has 1 N–H and O–H groups in total. The monoisotopic (exact) mass is 338 g/mol. The van der Waals surface area contributed by atoms with Gasteiger partial charge in [0.05, 0.1) is 6.54 Å². The summed E-state index contributed by atoms with van der Waals surface area (Å²) in [6, 6.07) is 0.0936. The summed E-state index contributed by atoms with van der Waals surface area (Å²) in [5, 5.41) is 6.98. The Balaban J connectivity index is 1.80. The number of nitrogens with one attached hydrogen (secondary N) is 1. The first-order chi connectivity index (χ1) is 11.4. The van der Waals surface area contributed by atoms with E-state index in [1.54, 1.807) is 0 Å². The number of carbonyl (C=O) groups excluding carboxylic acids is 1. The number of piperidine rings is 1. The number of unbranched alkanes of at least 4 members (excludes halogenated alkanes) is 1. The lowest BCUT2D eigenvalue weighted by molar-refractivity contribution is 0.0467. The number of carbonyl (C=O) groups is 1. The van der Waals surface area contributed by atoms with Crippen LogP contribution in [0.2, 0.25) is 0 Å². The number of hydrogen-bond acceptors (Lipinski definition) is 6. The fourth-order valence-electron chi connectivity index (χ4n) is 2.77. The molecule has 0 radical (unpaired) electrons. The van der Waals surface area contributed by atoms with Crippen molar-refractivity contribution in [2.75, 3.05) is 13.1 Å². The predicted octanol–water partition coefficient (Wildman–Crippen LogP) is 2.90. The molecule has 136 valence electrons. The molecule has 1 amide bonds. The highest BCUT2D eigenvalue weighted by molar-refractivity contribution is 5.68. The van der Waals surface area contributed by atoms with Gasteiger partial charge >= 0.3 is 6.09 Å². The van der Waals surface area contributed by atoms with Crippen molar-refractivity contribution in [3.05, 3.63) is 11.7 Å². The molecule has 0 unspecified atom stereocenters. The number of likely N-dealkylation sites (tertiary alicyclic amines) is 1. The van der Waals surface area contributed by atoms with Crippen molar-refractivity contribution in [1.82, 2.24) is 20.4 Å². The molecule has 1 aromatic rings. The summed E-state index contributed by atoms with van der Waals surface area (Å²) in [6.45, 7) is 10.1. The molecule has 1 aromatic heterocycles. The average Bonchev–Trinajstić information content (AvgIpc) is 2.91. The van der Waals surface area contributed by atoms with Gasteiger partial charge in [-0.25, -0.2) is 4.79 Å². The summed E-state index contributed by atoms with van der Waals surface area (Å²) in [4.78, 5) is 18.6. The molecule has 0 spiro atoms. The van der Waals surface area contributed by atoms with Crippen molar-refractivity contribution < 1.29 is 14.1 Å². The van der Waals surface area contributed by atoms with E-state index in [0.717, 1.165) is 51.0 Å². The zero-order valence-corrected chi connectivity index (χ0v) is 15.3. The normalized spacial score (nSPS) is 19.2. The van der Waals surface area contributed by atoms with Crippen LogP contribution in [0.15, 0.2) is 4.52 Å². The number of ether oxygens (including phenoxy) is 1. The lowest BCUT2D eigenvalue weighted by Crippen LogP contribution is -2.48. The predicted molar refractivity (Wildman–Crippen MR) is 90.6 cm³/mol. The minimum atomic E-state index is -0.475. The molecule has 7 nitrogen and oxygen atoms in total. The van der Waals surface area contributed by atoms with Gasteiger partial charge in [0, 0.05) is 19.0 Å². The SMILES string of the molecule is CCCCc1noc(CN2CCC[C@@H](NC(=O)OC(C)(C)C)C2)n1. The van der Waals surface area contributed by atoms with Crippen LogP contribution in [0.1, 0.15) is 65.1 Å². The number of hydrogen-bond donors (Lipinski definition) is 1. The first-order valence-corrected chi connectivity index (χ1v) is 8.89. The van der Waals surface area contributed by atoms with E-state index in [-0.39, 0.29) is 12.1 Å². The van der Waals surface area contributed by atoms with E-state index in [0.29, 0.717) is 12.4 Å². The minimum absolute atomic E-state index is 0.0936. The van der Waals surface area contributed by atoms with Gasteiger partial charge in [0.25, 0.3) is 0 Å². The van der Waals surface area contributed by atoms with Crippen LogP contribution in [0.25, 0.3) is 0 Å². The van der Waals surface area contributed by atoms with Gasteiger partial charge in [-0.2, -0.15) is 4.98 Å². The minimum Gasteiger partial charge on any atom is -0.444 e. The first-order valence-electron chi connectivity index (χ1n) is 8.89. The number of rotatable bonds is 6. The van der Waals surface area contributed by atoms with Gasteiger partial charge in [0.1, 0.15) is 5.60 Å². The molecule has 0 saturated carbocycles. The molecular formula is C17H30N4O3. The number of aryl methyl sites for hydroxylation is 1. The smallest absolute Gasteiger partial charge is 0.407 e. The van der Waals surface area contributed by atoms with Gasteiger partial charge in [-0.05, 0) is 46.6 Å². The van der Waals surface area contributed by atoms with Crippen LogP contribution in [-0.4, -0.2) is 45.9 Å². The Kier molecular flexibility index (Phi) is 6.60. The van der Waals surface area contributed by atoms with Crippen LogP contribution in [0.4, 0.5) is 4.79 Å². The summed E-state index contributed by atoms with van der Waals surface area (Å²) >= 11 is 0. The van der Waals surface area contributed by atoms with Crippen molar-refractivity contribution >= 4 is 6.09 Å². The molecule has 1 aliphatic heterocycles. The Bertz CT molecular complexity index is 524. The van der Waals surface area contributed by atoms with E-state index in [1.807, 2.05) is 20.8 Å². The van der Waals surface area contributed by atoms with Crippen molar-refractivity contribution in [1.29, 1.82) is 0 Å². The molecule has 1 aliphatic rings. The average molecular weight is 338 g/mol. The largest absolute Gasteiger partial charge is 0.444 e. The van der Waals surface area contributed by atoms with Gasteiger partial charge in [-0.15, -0.1) is 0 Å². The molecule has 2 rings (SSSR count). The van der Waals surface area contributed by atoms with Crippen molar-refractivity contribution in [2.45, 2.75) is 78.0 Å². The second-order valence-electron chi connectivity index (χ2n) is 7.43. The summed E-state index contributed by atoms with van der Waals surface area (Å²) in [5.41, 5.74) is -0.475. The third-order valence-corrected chi connectivity index (χ3v) is 3.85. The molecule has 24 heavy (non-hydrogen) atoms. The molecule has 0 aliphatic carbocycles. The van der Waals surface area contributed by atoms with E-state index < -0.39 is 5.60 Å². The summed E-state index contributed by atoms with van der Waals surface area (Å²) in [6.07, 6.45) is 4.69. The third kappa shape index (κ3) is 6.47. The quantitative estimate of drug-likeness (QED) is 0.859. The third-order valence-electron chi connectivity index (χ3n) is 3.85. The van der Waals surface area contributed by atoms with Gasteiger partial charge in [0.2, 0.25) is 5.89 Å². The van der Waals surface area contributed by atoms with Crippen LogP contribution in [-0.2, 0) is 17.7 Å². The Morgan fingerprint density at radius 1 is 1.46 bits per heavy atom. The molecule has 7 heteroatoms. The Labute approximate surface area is 144 Å². The van der Waals surface area contributed by atoms with Gasteiger partial charge in [0.15, 0.2) is 5.82 Å². The van der Waals surface area contributed by atoms with Crippen LogP contribution < -0.4 is 5.32 Å². The topological polar surface area (TPSA) is 80.5 Å². The fraction of sp³-hybridized carbons (Fsp3) is 0.824. The van der Waals surface area contributed by atoms with Crippen molar-refractivity contribution in [3.8, 4) is 0 Å². The maximum Gasteiger partial charge on any atom is 0.407 e. The first kappa shape index (κ1) is 18.7. The number of amides is 1. The summed E-state index contributed by atoms with van der Waals surface area (Å²) < 4.78 is 10.7. The van der Waals surface area contributed by atoms with Crippen LogP contribution in [0, 0.1) is 0 Å². The lowest BCUT2D eigenvalue weighted by atomic mass is 10.1. The summed E-state index contributed by atoms with van der Waals surface area (Å²) in [7, 11) is 0. The molecule has 2 heterocycles. The molecule has 0 bridgehead atoms.